The highest BCUT2D eigenvalue weighted by molar-refractivity contribution is 5.31. The maximum atomic E-state index is 6.17. The summed E-state index contributed by atoms with van der Waals surface area (Å²) in [5.41, 5.74) is 3.46. The number of benzene rings is 2. The number of ether oxygens (including phenoxy) is 1. The molecule has 0 aromatic heterocycles. The van der Waals surface area contributed by atoms with Crippen molar-refractivity contribution >= 4 is 0 Å². The van der Waals surface area contributed by atoms with Crippen LogP contribution in [0.3, 0.4) is 0 Å². The van der Waals surface area contributed by atoms with Gasteiger partial charge < -0.3 is 4.74 Å². The lowest BCUT2D eigenvalue weighted by molar-refractivity contribution is -0.308. The molecule has 0 radical (unpaired) electrons. The second kappa shape index (κ2) is 6.08. The predicted molar refractivity (Wildman–Crippen MR) is 87.6 cm³/mol. The first-order valence-electron chi connectivity index (χ1n) is 8.38. The van der Waals surface area contributed by atoms with Crippen LogP contribution in [0.5, 0.6) is 0 Å². The molecule has 2 aromatic rings. The number of rotatable bonds is 3. The van der Waals surface area contributed by atoms with E-state index in [4.69, 9.17) is 14.5 Å². The standard InChI is InChI=1S/C20H22O3/c1-15-9-11-17(12-10-15)20(13-5-6-14-20)19-21-18(22-23-19)16-7-3-2-4-8-16/h2-4,7-12,18-19H,5-6,13-14H2,1H3. The zero-order valence-electron chi connectivity index (χ0n) is 13.4. The SMILES string of the molecule is Cc1ccc(C2(C3OOC(c4ccccc4)O3)CCCC2)cc1. The van der Waals surface area contributed by atoms with Gasteiger partial charge in [-0.05, 0) is 25.3 Å². The van der Waals surface area contributed by atoms with Crippen molar-refractivity contribution in [2.75, 3.05) is 0 Å². The molecule has 1 heterocycles. The Labute approximate surface area is 137 Å². The predicted octanol–water partition coefficient (Wildman–Crippen LogP) is 4.81. The summed E-state index contributed by atoms with van der Waals surface area (Å²) >= 11 is 0. The molecule has 2 atom stereocenters. The molecule has 0 N–H and O–H groups in total. The Morgan fingerprint density at radius 3 is 2.26 bits per heavy atom. The minimum absolute atomic E-state index is 0.1000. The van der Waals surface area contributed by atoms with Crippen molar-refractivity contribution in [1.82, 2.24) is 0 Å². The molecule has 2 aliphatic rings. The van der Waals surface area contributed by atoms with Crippen molar-refractivity contribution in [2.24, 2.45) is 0 Å². The molecule has 3 heteroatoms. The van der Waals surface area contributed by atoms with Gasteiger partial charge in [0.2, 0.25) is 12.6 Å². The summed E-state index contributed by atoms with van der Waals surface area (Å²) < 4.78 is 6.17. The first-order chi connectivity index (χ1) is 11.3. The van der Waals surface area contributed by atoms with E-state index in [9.17, 15) is 0 Å². The van der Waals surface area contributed by atoms with Gasteiger partial charge in [0.25, 0.3) is 0 Å². The fourth-order valence-electron chi connectivity index (χ4n) is 3.78. The second-order valence-corrected chi connectivity index (χ2v) is 6.63. The van der Waals surface area contributed by atoms with Gasteiger partial charge in [-0.2, -0.15) is 4.89 Å². The first-order valence-corrected chi connectivity index (χ1v) is 8.38. The topological polar surface area (TPSA) is 27.7 Å². The van der Waals surface area contributed by atoms with Crippen LogP contribution in [-0.4, -0.2) is 6.29 Å². The minimum Gasteiger partial charge on any atom is -0.312 e. The highest BCUT2D eigenvalue weighted by Crippen LogP contribution is 2.49. The second-order valence-electron chi connectivity index (χ2n) is 6.63. The Morgan fingerprint density at radius 1 is 0.870 bits per heavy atom. The third-order valence-corrected chi connectivity index (χ3v) is 5.12. The van der Waals surface area contributed by atoms with Crippen LogP contribution in [0.15, 0.2) is 54.6 Å². The highest BCUT2D eigenvalue weighted by atomic mass is 17.3. The van der Waals surface area contributed by atoms with Crippen LogP contribution in [0.1, 0.15) is 48.7 Å². The summed E-state index contributed by atoms with van der Waals surface area (Å²) in [5.74, 6) is 0. The van der Waals surface area contributed by atoms with Crippen molar-refractivity contribution in [1.29, 1.82) is 0 Å². The van der Waals surface area contributed by atoms with Gasteiger partial charge in [-0.15, -0.1) is 0 Å². The van der Waals surface area contributed by atoms with E-state index in [0.717, 1.165) is 18.4 Å². The zero-order valence-corrected chi connectivity index (χ0v) is 13.4. The maximum Gasteiger partial charge on any atom is 0.220 e. The van der Waals surface area contributed by atoms with E-state index < -0.39 is 6.29 Å². The van der Waals surface area contributed by atoms with Gasteiger partial charge in [0.05, 0.1) is 0 Å². The van der Waals surface area contributed by atoms with E-state index in [-0.39, 0.29) is 11.7 Å². The summed E-state index contributed by atoms with van der Waals surface area (Å²) in [5, 5.41) is 0. The maximum absolute atomic E-state index is 6.17. The van der Waals surface area contributed by atoms with Crippen LogP contribution in [0.25, 0.3) is 0 Å². The third kappa shape index (κ3) is 2.69. The van der Waals surface area contributed by atoms with Crippen LogP contribution >= 0.6 is 0 Å². The van der Waals surface area contributed by atoms with E-state index in [2.05, 4.69) is 31.2 Å². The van der Waals surface area contributed by atoms with Crippen molar-refractivity contribution in [3.63, 3.8) is 0 Å². The van der Waals surface area contributed by atoms with Crippen LogP contribution < -0.4 is 0 Å². The van der Waals surface area contributed by atoms with Crippen molar-refractivity contribution in [3.05, 3.63) is 71.3 Å². The molecule has 4 rings (SSSR count). The van der Waals surface area contributed by atoms with E-state index >= 15 is 0 Å². The quantitative estimate of drug-likeness (QED) is 0.761. The van der Waals surface area contributed by atoms with Gasteiger partial charge in [0, 0.05) is 11.0 Å². The van der Waals surface area contributed by atoms with Gasteiger partial charge in [-0.25, -0.2) is 4.89 Å². The van der Waals surface area contributed by atoms with Gasteiger partial charge in [-0.3, -0.25) is 0 Å². The Morgan fingerprint density at radius 2 is 1.57 bits per heavy atom. The average Bonchev–Trinajstić information content (AvgIpc) is 3.26. The highest BCUT2D eigenvalue weighted by Gasteiger charge is 2.49. The Bertz CT molecular complexity index is 644. The molecule has 0 bridgehead atoms. The van der Waals surface area contributed by atoms with Crippen LogP contribution in [0.2, 0.25) is 0 Å². The third-order valence-electron chi connectivity index (χ3n) is 5.12. The molecule has 2 unspecified atom stereocenters. The summed E-state index contributed by atoms with van der Waals surface area (Å²) in [6.07, 6.45) is 3.76. The van der Waals surface area contributed by atoms with Gasteiger partial charge >= 0.3 is 0 Å². The van der Waals surface area contributed by atoms with Gasteiger partial charge in [0.15, 0.2) is 0 Å². The molecule has 0 spiro atoms. The smallest absolute Gasteiger partial charge is 0.220 e. The molecule has 1 aliphatic heterocycles. The molecule has 2 fully saturated rings. The lowest BCUT2D eigenvalue weighted by atomic mass is 9.78. The van der Waals surface area contributed by atoms with E-state index in [1.165, 1.54) is 24.0 Å². The summed E-state index contributed by atoms with van der Waals surface area (Å²) in [6, 6.07) is 18.7. The van der Waals surface area contributed by atoms with E-state index in [0.29, 0.717) is 0 Å². The molecule has 2 aromatic carbocycles. The minimum atomic E-state index is -0.441. The molecule has 1 saturated heterocycles. The molecule has 0 amide bonds. The Hall–Kier alpha value is -1.68. The summed E-state index contributed by atoms with van der Waals surface area (Å²) in [7, 11) is 0. The van der Waals surface area contributed by atoms with Crippen molar-refractivity contribution in [3.8, 4) is 0 Å². The Kier molecular flexibility index (Phi) is 3.93. The number of aryl methyl sites for hydroxylation is 1. The van der Waals surface area contributed by atoms with Gasteiger partial charge in [-0.1, -0.05) is 73.0 Å². The van der Waals surface area contributed by atoms with Crippen LogP contribution in [-0.2, 0) is 19.9 Å². The van der Waals surface area contributed by atoms with Crippen molar-refractivity contribution < 1.29 is 14.5 Å². The fraction of sp³-hybridized carbons (Fsp3) is 0.400. The monoisotopic (exact) mass is 310 g/mol. The van der Waals surface area contributed by atoms with Crippen LogP contribution in [0.4, 0.5) is 0 Å². The largest absolute Gasteiger partial charge is 0.312 e. The molecular weight excluding hydrogens is 288 g/mol. The molecule has 120 valence electrons. The Balaban J connectivity index is 1.60. The molecule has 3 nitrogen and oxygen atoms in total. The van der Waals surface area contributed by atoms with Crippen LogP contribution in [0, 0.1) is 6.92 Å². The fourth-order valence-corrected chi connectivity index (χ4v) is 3.78. The normalized spacial score (nSPS) is 26.5. The molecular formula is C20H22O3. The summed E-state index contributed by atoms with van der Waals surface area (Å²) in [4.78, 5) is 11.2. The number of hydrogen-bond acceptors (Lipinski definition) is 3. The van der Waals surface area contributed by atoms with E-state index in [1.807, 2.05) is 30.3 Å². The summed E-state index contributed by atoms with van der Waals surface area (Å²) in [6.45, 7) is 2.11. The zero-order chi connectivity index (χ0) is 15.7. The average molecular weight is 310 g/mol. The number of hydrogen-bond donors (Lipinski definition) is 0. The molecule has 1 aliphatic carbocycles. The lowest BCUT2D eigenvalue weighted by Gasteiger charge is -2.32. The molecule has 23 heavy (non-hydrogen) atoms. The first kappa shape index (κ1) is 14.9. The molecule has 1 saturated carbocycles. The lowest BCUT2D eigenvalue weighted by Crippen LogP contribution is -2.37. The van der Waals surface area contributed by atoms with Crippen molar-refractivity contribution in [2.45, 2.75) is 50.6 Å². The van der Waals surface area contributed by atoms with E-state index in [1.54, 1.807) is 0 Å². The van der Waals surface area contributed by atoms with Gasteiger partial charge in [0.1, 0.15) is 0 Å².